The van der Waals surface area contributed by atoms with E-state index in [1.165, 1.54) is 38.8 Å². The first-order valence-electron chi connectivity index (χ1n) is 5.54. The number of hydrogen-bond acceptors (Lipinski definition) is 1. The van der Waals surface area contributed by atoms with Gasteiger partial charge < -0.3 is 4.90 Å². The van der Waals surface area contributed by atoms with Gasteiger partial charge in [0.2, 0.25) is 0 Å². The Bertz CT molecular complexity index is 132. The van der Waals surface area contributed by atoms with Crippen molar-refractivity contribution in [2.75, 3.05) is 18.4 Å². The number of nitrogens with zero attached hydrogens (tertiary/aromatic N) is 1. The molecule has 78 valence electrons. The molecule has 1 rings (SSSR count). The third-order valence-electron chi connectivity index (χ3n) is 2.77. The lowest BCUT2D eigenvalue weighted by atomic mass is 9.90. The van der Waals surface area contributed by atoms with Crippen molar-refractivity contribution in [2.45, 2.75) is 45.6 Å². The Hall–Kier alpha value is 0.440. The van der Waals surface area contributed by atoms with Crippen LogP contribution in [0.4, 0.5) is 0 Å². The van der Waals surface area contributed by atoms with Crippen LogP contribution in [0, 0.1) is 5.92 Å². The molecule has 1 aliphatic rings. The van der Waals surface area contributed by atoms with Crippen LogP contribution >= 0.6 is 15.9 Å². The van der Waals surface area contributed by atoms with Gasteiger partial charge in [-0.15, -0.1) is 0 Å². The Morgan fingerprint density at radius 3 is 2.46 bits per heavy atom. The lowest BCUT2D eigenvalue weighted by molar-refractivity contribution is 0.114. The van der Waals surface area contributed by atoms with Gasteiger partial charge in [0.15, 0.2) is 0 Å². The van der Waals surface area contributed by atoms with E-state index in [9.17, 15) is 0 Å². The molecule has 0 atom stereocenters. The van der Waals surface area contributed by atoms with Crippen molar-refractivity contribution in [3.63, 3.8) is 0 Å². The Kier molecular flexibility index (Phi) is 5.34. The quantitative estimate of drug-likeness (QED) is 0.652. The largest absolute Gasteiger partial charge is 0.300 e. The van der Waals surface area contributed by atoms with E-state index in [0.29, 0.717) is 0 Å². The second-order valence-electron chi connectivity index (χ2n) is 4.52. The molecule has 0 amide bonds. The monoisotopic (exact) mass is 247 g/mol. The van der Waals surface area contributed by atoms with Gasteiger partial charge in [0.25, 0.3) is 0 Å². The first-order chi connectivity index (χ1) is 6.24. The van der Waals surface area contributed by atoms with Crippen LogP contribution in [0.15, 0.2) is 0 Å². The molecule has 0 aromatic carbocycles. The molecule has 0 unspecified atom stereocenters. The highest BCUT2D eigenvalue weighted by Gasteiger charge is 2.24. The minimum absolute atomic E-state index is 0.816. The van der Waals surface area contributed by atoms with Crippen molar-refractivity contribution in [1.82, 2.24) is 4.90 Å². The summed E-state index contributed by atoms with van der Waals surface area (Å²) < 4.78 is 0. The first-order valence-corrected chi connectivity index (χ1v) is 6.66. The normalized spacial score (nSPS) is 18.2. The molecule has 0 N–H and O–H groups in total. The Labute approximate surface area is 91.0 Å². The maximum absolute atomic E-state index is 3.51. The second-order valence-corrected chi connectivity index (χ2v) is 5.31. The van der Waals surface area contributed by atoms with Crippen molar-refractivity contribution in [2.24, 2.45) is 5.92 Å². The molecule has 1 aliphatic carbocycles. The Balaban J connectivity index is 2.24. The van der Waals surface area contributed by atoms with Crippen LogP contribution in [-0.4, -0.2) is 29.4 Å². The van der Waals surface area contributed by atoms with E-state index in [-0.39, 0.29) is 0 Å². The van der Waals surface area contributed by atoms with Gasteiger partial charge in [0.05, 0.1) is 0 Å². The predicted molar refractivity (Wildman–Crippen MR) is 62.5 cm³/mol. The average Bonchev–Trinajstić information content (AvgIpc) is 1.95. The van der Waals surface area contributed by atoms with Gasteiger partial charge in [-0.25, -0.2) is 0 Å². The summed E-state index contributed by atoms with van der Waals surface area (Å²) in [5, 5.41) is 1.15. The molecule has 0 saturated heterocycles. The van der Waals surface area contributed by atoms with Crippen molar-refractivity contribution in [3.05, 3.63) is 0 Å². The Morgan fingerprint density at radius 2 is 2.08 bits per heavy atom. The van der Waals surface area contributed by atoms with Crippen LogP contribution in [0.1, 0.15) is 39.5 Å². The molecule has 0 aliphatic heterocycles. The standard InChI is InChI=1S/C11H22BrN/c1-10(2)9-13(8-4-7-12)11-5-3-6-11/h10-11H,3-9H2,1-2H3. The van der Waals surface area contributed by atoms with E-state index in [1.54, 1.807) is 0 Å². The molecule has 2 heteroatoms. The topological polar surface area (TPSA) is 3.24 Å². The van der Waals surface area contributed by atoms with Crippen LogP contribution in [0.2, 0.25) is 0 Å². The molecular formula is C11H22BrN. The third kappa shape index (κ3) is 3.99. The maximum atomic E-state index is 3.51. The zero-order chi connectivity index (χ0) is 9.68. The molecule has 1 fully saturated rings. The van der Waals surface area contributed by atoms with Crippen molar-refractivity contribution >= 4 is 15.9 Å². The summed E-state index contributed by atoms with van der Waals surface area (Å²) in [5.41, 5.74) is 0. The summed E-state index contributed by atoms with van der Waals surface area (Å²) >= 11 is 3.51. The van der Waals surface area contributed by atoms with Gasteiger partial charge in [-0.2, -0.15) is 0 Å². The zero-order valence-electron chi connectivity index (χ0n) is 8.93. The van der Waals surface area contributed by atoms with Crippen LogP contribution in [-0.2, 0) is 0 Å². The van der Waals surface area contributed by atoms with Crippen molar-refractivity contribution in [1.29, 1.82) is 0 Å². The molecule has 0 bridgehead atoms. The number of rotatable bonds is 6. The fraction of sp³-hybridized carbons (Fsp3) is 1.00. The zero-order valence-corrected chi connectivity index (χ0v) is 10.5. The highest BCUT2D eigenvalue weighted by molar-refractivity contribution is 9.09. The SMILES string of the molecule is CC(C)CN(CCCBr)C1CCC1. The smallest absolute Gasteiger partial charge is 0.00953 e. The minimum Gasteiger partial charge on any atom is -0.300 e. The van der Waals surface area contributed by atoms with Crippen LogP contribution in [0.3, 0.4) is 0 Å². The van der Waals surface area contributed by atoms with Crippen LogP contribution in [0.5, 0.6) is 0 Å². The average molecular weight is 248 g/mol. The predicted octanol–water partition coefficient (Wildman–Crippen LogP) is 3.28. The van der Waals surface area contributed by atoms with Gasteiger partial charge in [-0.3, -0.25) is 0 Å². The first kappa shape index (κ1) is 11.5. The highest BCUT2D eigenvalue weighted by Crippen LogP contribution is 2.25. The van der Waals surface area contributed by atoms with E-state index in [0.717, 1.165) is 17.3 Å². The van der Waals surface area contributed by atoms with Gasteiger partial charge in [-0.05, 0) is 31.7 Å². The van der Waals surface area contributed by atoms with Gasteiger partial charge in [-0.1, -0.05) is 36.2 Å². The minimum atomic E-state index is 0.816. The van der Waals surface area contributed by atoms with Crippen LogP contribution in [0.25, 0.3) is 0 Å². The molecule has 0 heterocycles. The lowest BCUT2D eigenvalue weighted by Crippen LogP contribution is -2.42. The third-order valence-corrected chi connectivity index (χ3v) is 3.33. The number of hydrogen-bond donors (Lipinski definition) is 0. The summed E-state index contributed by atoms with van der Waals surface area (Å²) in [5.74, 6) is 0.816. The van der Waals surface area contributed by atoms with Crippen molar-refractivity contribution in [3.8, 4) is 0 Å². The van der Waals surface area contributed by atoms with E-state index in [2.05, 4.69) is 34.7 Å². The summed E-state index contributed by atoms with van der Waals surface area (Å²) in [6.07, 6.45) is 5.63. The van der Waals surface area contributed by atoms with Crippen LogP contribution < -0.4 is 0 Å². The summed E-state index contributed by atoms with van der Waals surface area (Å²) in [7, 11) is 0. The summed E-state index contributed by atoms with van der Waals surface area (Å²) in [6, 6.07) is 0.918. The van der Waals surface area contributed by atoms with Gasteiger partial charge in [0, 0.05) is 17.9 Å². The Morgan fingerprint density at radius 1 is 1.38 bits per heavy atom. The molecule has 0 radical (unpaired) electrons. The molecule has 13 heavy (non-hydrogen) atoms. The molecule has 1 saturated carbocycles. The fourth-order valence-electron chi connectivity index (χ4n) is 1.91. The number of halogens is 1. The maximum Gasteiger partial charge on any atom is 0.00953 e. The summed E-state index contributed by atoms with van der Waals surface area (Å²) in [4.78, 5) is 2.69. The van der Waals surface area contributed by atoms with E-state index < -0.39 is 0 Å². The molecule has 1 nitrogen and oxygen atoms in total. The lowest BCUT2D eigenvalue weighted by Gasteiger charge is -2.38. The number of alkyl halides is 1. The van der Waals surface area contributed by atoms with E-state index >= 15 is 0 Å². The highest BCUT2D eigenvalue weighted by atomic mass is 79.9. The second kappa shape index (κ2) is 6.02. The molecular weight excluding hydrogens is 226 g/mol. The van der Waals surface area contributed by atoms with Crippen molar-refractivity contribution < 1.29 is 0 Å². The molecule has 0 spiro atoms. The summed E-state index contributed by atoms with van der Waals surface area (Å²) in [6.45, 7) is 7.21. The van der Waals surface area contributed by atoms with Gasteiger partial charge in [0.1, 0.15) is 0 Å². The van der Waals surface area contributed by atoms with Gasteiger partial charge >= 0.3 is 0 Å². The molecule has 0 aromatic rings. The van der Waals surface area contributed by atoms with E-state index in [4.69, 9.17) is 0 Å². The van der Waals surface area contributed by atoms with E-state index in [1.807, 2.05) is 0 Å². The molecule has 0 aromatic heterocycles. The fourth-order valence-corrected chi connectivity index (χ4v) is 2.16.